The first-order chi connectivity index (χ1) is 47.7. The Hall–Kier alpha value is -3.76. The Bertz CT molecular complexity index is 2190. The van der Waals surface area contributed by atoms with Gasteiger partial charge in [0.05, 0.1) is 26.4 Å². The predicted molar refractivity (Wildman–Crippen MR) is 399 cm³/mol. The first kappa shape index (κ1) is 94.2. The molecule has 0 aliphatic carbocycles. The number of esters is 4. The van der Waals surface area contributed by atoms with Crippen molar-refractivity contribution in [1.82, 2.24) is 0 Å². The summed E-state index contributed by atoms with van der Waals surface area (Å²) in [5.41, 5.74) is 0. The normalized spacial score (nSPS) is 14.4. The highest BCUT2D eigenvalue weighted by Crippen LogP contribution is 2.45. The smallest absolute Gasteiger partial charge is 0.462 e. The lowest BCUT2D eigenvalue weighted by atomic mass is 10.0. The second kappa shape index (κ2) is 71.6. The van der Waals surface area contributed by atoms with Crippen molar-refractivity contribution in [2.45, 2.75) is 354 Å². The van der Waals surface area contributed by atoms with Crippen LogP contribution in [0.25, 0.3) is 0 Å². The van der Waals surface area contributed by atoms with Gasteiger partial charge in [-0.15, -0.1) is 0 Å². The summed E-state index contributed by atoms with van der Waals surface area (Å²) in [4.78, 5) is 72.8. The molecule has 0 aromatic rings. The summed E-state index contributed by atoms with van der Waals surface area (Å²) in [7, 11) is -9.96. The number of aliphatic hydroxyl groups is 1. The Morgan fingerprint density at radius 1 is 0.286 bits per heavy atom. The van der Waals surface area contributed by atoms with Gasteiger partial charge in [0.25, 0.3) is 0 Å². The summed E-state index contributed by atoms with van der Waals surface area (Å²) in [5.74, 6) is -2.25. The van der Waals surface area contributed by atoms with Crippen LogP contribution in [0.1, 0.15) is 336 Å². The van der Waals surface area contributed by atoms with Gasteiger partial charge >= 0.3 is 39.5 Å². The fraction of sp³-hybridized carbons (Fsp3) is 0.772. The van der Waals surface area contributed by atoms with Gasteiger partial charge in [-0.1, -0.05) is 273 Å². The molecule has 0 amide bonds. The molecular weight excluding hydrogens is 1280 g/mol. The number of rotatable bonds is 73. The molecule has 19 heteroatoms. The molecule has 0 aromatic heterocycles. The third-order valence-corrected chi connectivity index (χ3v) is 18.2. The van der Waals surface area contributed by atoms with Crippen molar-refractivity contribution in [3.8, 4) is 0 Å². The van der Waals surface area contributed by atoms with Crippen LogP contribution in [0.4, 0.5) is 0 Å². The number of hydrogen-bond donors (Lipinski definition) is 3. The highest BCUT2D eigenvalue weighted by Gasteiger charge is 2.30. The first-order valence-corrected chi connectivity index (χ1v) is 41.8. The molecule has 0 aliphatic rings. The van der Waals surface area contributed by atoms with Gasteiger partial charge in [-0.3, -0.25) is 37.3 Å². The number of unbranched alkanes of at least 4 members (excludes halogenated alkanes) is 33. The van der Waals surface area contributed by atoms with E-state index in [0.717, 1.165) is 128 Å². The largest absolute Gasteiger partial charge is 0.472 e. The Labute approximate surface area is 595 Å². The van der Waals surface area contributed by atoms with Crippen LogP contribution in [0, 0.1) is 0 Å². The zero-order valence-corrected chi connectivity index (χ0v) is 63.7. The monoisotopic (exact) mass is 1420 g/mol. The number of aliphatic hydroxyl groups excluding tert-OH is 1. The second-order valence-corrected chi connectivity index (χ2v) is 28.9. The standard InChI is InChI=1S/C79H140O17P2/c1-5-9-13-17-21-25-29-33-35-36-38-42-46-50-54-58-62-66-79(84)96-75(69-89-76(81)63-59-55-51-47-43-39-31-27-23-19-15-11-7-3)72-94-98(87,88)92-68-73(80)67-91-97(85,86)93-71-74(95-78(83)65-61-57-53-49-45-40-32-28-24-20-16-12-8-4)70-90-77(82)64-60-56-52-48-44-41-37-34-30-26-22-18-14-10-6-2/h21-22,25-26,28,32-35,37-38,42,50,54,73-75,80H,5-20,23-24,27,29-31,36,39-41,43-49,51-53,55-72H2,1-4H3,(H,85,86)(H,87,88)/b25-21-,26-22-,32-28-,35-33-,37-34-,42-38-,54-50-/t73-,74+,75+/m0/s1. The molecule has 568 valence electrons. The molecule has 2 unspecified atom stereocenters. The van der Waals surface area contributed by atoms with E-state index >= 15 is 0 Å². The maximum atomic E-state index is 13.1. The first-order valence-electron chi connectivity index (χ1n) is 38.8. The van der Waals surface area contributed by atoms with Crippen LogP contribution in [0.15, 0.2) is 85.1 Å². The molecular formula is C79H140O17P2. The van der Waals surface area contributed by atoms with Crippen molar-refractivity contribution in [3.63, 3.8) is 0 Å². The van der Waals surface area contributed by atoms with E-state index in [1.54, 1.807) is 0 Å². The van der Waals surface area contributed by atoms with Crippen LogP contribution >= 0.6 is 15.6 Å². The van der Waals surface area contributed by atoms with Crippen LogP contribution in [-0.4, -0.2) is 96.7 Å². The Kier molecular flexibility index (Phi) is 68.9. The number of carbonyl (C=O) groups excluding carboxylic acids is 4. The summed E-state index contributed by atoms with van der Waals surface area (Å²) in [5, 5.41) is 10.6. The number of allylic oxidation sites excluding steroid dienone is 14. The van der Waals surface area contributed by atoms with Gasteiger partial charge in [0, 0.05) is 25.7 Å². The van der Waals surface area contributed by atoms with E-state index in [-0.39, 0.29) is 25.7 Å². The predicted octanol–water partition coefficient (Wildman–Crippen LogP) is 22.2. The quantitative estimate of drug-likeness (QED) is 0.0169. The molecule has 0 saturated heterocycles. The minimum Gasteiger partial charge on any atom is -0.462 e. The molecule has 98 heavy (non-hydrogen) atoms. The van der Waals surface area contributed by atoms with E-state index in [4.69, 9.17) is 37.0 Å². The van der Waals surface area contributed by atoms with Gasteiger partial charge in [0.15, 0.2) is 12.2 Å². The van der Waals surface area contributed by atoms with Crippen LogP contribution in [0.3, 0.4) is 0 Å². The summed E-state index contributed by atoms with van der Waals surface area (Å²) in [6.45, 7) is 4.75. The van der Waals surface area contributed by atoms with Crippen molar-refractivity contribution in [2.75, 3.05) is 39.6 Å². The maximum Gasteiger partial charge on any atom is 0.472 e. The molecule has 0 heterocycles. The molecule has 0 bridgehead atoms. The second-order valence-electron chi connectivity index (χ2n) is 25.9. The molecule has 5 atom stereocenters. The van der Waals surface area contributed by atoms with E-state index in [1.165, 1.54) is 122 Å². The molecule has 0 fully saturated rings. The molecule has 0 spiro atoms. The van der Waals surface area contributed by atoms with Crippen molar-refractivity contribution in [2.24, 2.45) is 0 Å². The minimum absolute atomic E-state index is 0.0217. The Morgan fingerprint density at radius 2 is 0.510 bits per heavy atom. The van der Waals surface area contributed by atoms with Crippen LogP contribution < -0.4 is 0 Å². The highest BCUT2D eigenvalue weighted by molar-refractivity contribution is 7.47. The van der Waals surface area contributed by atoms with E-state index in [2.05, 4.69) is 101 Å². The van der Waals surface area contributed by atoms with Gasteiger partial charge in [-0.2, -0.15) is 0 Å². The number of hydrogen-bond acceptors (Lipinski definition) is 15. The fourth-order valence-corrected chi connectivity index (χ4v) is 11.9. The van der Waals surface area contributed by atoms with Crippen molar-refractivity contribution in [1.29, 1.82) is 0 Å². The zero-order valence-electron chi connectivity index (χ0n) is 62.0. The number of ether oxygens (including phenoxy) is 4. The van der Waals surface area contributed by atoms with Gasteiger partial charge in [0.1, 0.15) is 19.3 Å². The lowest BCUT2D eigenvalue weighted by Crippen LogP contribution is -2.30. The minimum atomic E-state index is -4.98. The van der Waals surface area contributed by atoms with Gasteiger partial charge in [-0.25, -0.2) is 9.13 Å². The third kappa shape index (κ3) is 70.7. The van der Waals surface area contributed by atoms with E-state index in [0.29, 0.717) is 32.1 Å². The summed E-state index contributed by atoms with van der Waals surface area (Å²) in [6, 6.07) is 0. The number of phosphoric ester groups is 2. The molecule has 0 aromatic carbocycles. The number of phosphoric acid groups is 2. The van der Waals surface area contributed by atoms with Gasteiger partial charge in [-0.05, 0) is 122 Å². The van der Waals surface area contributed by atoms with Crippen molar-refractivity contribution < 1.29 is 80.2 Å². The van der Waals surface area contributed by atoms with E-state index < -0.39 is 97.5 Å². The fourth-order valence-electron chi connectivity index (χ4n) is 10.4. The summed E-state index contributed by atoms with van der Waals surface area (Å²) in [6.07, 6.45) is 72.9. The average Bonchev–Trinajstić information content (AvgIpc) is 1.02. The Morgan fingerprint density at radius 3 is 0.847 bits per heavy atom. The molecule has 0 rings (SSSR count). The lowest BCUT2D eigenvalue weighted by Gasteiger charge is -2.21. The zero-order chi connectivity index (χ0) is 71.8. The van der Waals surface area contributed by atoms with Gasteiger partial charge in [0.2, 0.25) is 0 Å². The lowest BCUT2D eigenvalue weighted by molar-refractivity contribution is -0.161. The summed E-state index contributed by atoms with van der Waals surface area (Å²) >= 11 is 0. The molecule has 0 aliphatic heterocycles. The topological polar surface area (TPSA) is 237 Å². The molecule has 0 radical (unpaired) electrons. The molecule has 17 nitrogen and oxygen atoms in total. The Balaban J connectivity index is 5.39. The summed E-state index contributed by atoms with van der Waals surface area (Å²) < 4.78 is 68.4. The molecule has 0 saturated carbocycles. The SMILES string of the molecule is CCCCC/C=C\C/C=C\C/C=C\C/C=C\CCCC(=O)O[C@H](COC(=O)CCCCCCCCCCCCCCC)COP(=O)(O)OC[C@@H](O)COP(=O)(O)OC[C@@H](COC(=O)CCCCCCC/C=C\C/C=C\CCCCC)OC(=O)CCCCCCC/C=C\CCCCCC. The number of carbonyl (C=O) groups is 4. The van der Waals surface area contributed by atoms with Crippen LogP contribution in [0.5, 0.6) is 0 Å². The van der Waals surface area contributed by atoms with Crippen molar-refractivity contribution in [3.05, 3.63) is 85.1 Å². The van der Waals surface area contributed by atoms with Gasteiger partial charge < -0.3 is 33.8 Å². The van der Waals surface area contributed by atoms with E-state index in [9.17, 15) is 43.2 Å². The third-order valence-electron chi connectivity index (χ3n) is 16.3. The van der Waals surface area contributed by atoms with E-state index in [1.807, 2.05) is 12.2 Å². The highest BCUT2D eigenvalue weighted by atomic mass is 31.2. The average molecular weight is 1420 g/mol. The van der Waals surface area contributed by atoms with Crippen molar-refractivity contribution >= 4 is 39.5 Å². The molecule has 3 N–H and O–H groups in total. The van der Waals surface area contributed by atoms with Crippen LogP contribution in [-0.2, 0) is 65.4 Å². The van der Waals surface area contributed by atoms with Crippen LogP contribution in [0.2, 0.25) is 0 Å². The maximum absolute atomic E-state index is 13.1.